The highest BCUT2D eigenvalue weighted by Gasteiger charge is 2.07. The van der Waals surface area contributed by atoms with E-state index in [2.05, 4.69) is 17.6 Å². The molecule has 0 saturated heterocycles. The van der Waals surface area contributed by atoms with Gasteiger partial charge >= 0.3 is 6.03 Å². The van der Waals surface area contributed by atoms with E-state index >= 15 is 0 Å². The van der Waals surface area contributed by atoms with Crippen LogP contribution in [0.5, 0.6) is 0 Å². The summed E-state index contributed by atoms with van der Waals surface area (Å²) >= 11 is 0. The first kappa shape index (κ1) is 14.4. The molecule has 1 unspecified atom stereocenters. The lowest BCUT2D eigenvalue weighted by Gasteiger charge is -2.15. The Balaban J connectivity index is 2.37. The second-order valence-electron chi connectivity index (χ2n) is 4.20. The van der Waals surface area contributed by atoms with Crippen LogP contribution in [0.25, 0.3) is 0 Å². The van der Waals surface area contributed by atoms with Gasteiger partial charge in [-0.25, -0.2) is 9.18 Å². The van der Waals surface area contributed by atoms with Crippen molar-refractivity contribution >= 4 is 11.7 Å². The summed E-state index contributed by atoms with van der Waals surface area (Å²) in [6, 6.07) is 5.47. The van der Waals surface area contributed by atoms with Gasteiger partial charge in [-0.1, -0.05) is 19.4 Å². The molecule has 0 fully saturated rings. The molecule has 0 aliphatic heterocycles. The maximum absolute atomic E-state index is 12.9. The molecule has 1 aromatic rings. The molecular formula is C13H20FN3O. The molecule has 0 heterocycles. The number of carbonyl (C=O) groups is 1. The van der Waals surface area contributed by atoms with Gasteiger partial charge in [0.15, 0.2) is 0 Å². The lowest BCUT2D eigenvalue weighted by Crippen LogP contribution is -2.33. The molecule has 0 aliphatic rings. The highest BCUT2D eigenvalue weighted by molar-refractivity contribution is 5.89. The van der Waals surface area contributed by atoms with Crippen LogP contribution in [-0.2, 0) is 0 Å². The van der Waals surface area contributed by atoms with E-state index in [1.807, 2.05) is 0 Å². The fourth-order valence-electron chi connectivity index (χ4n) is 1.66. The Bertz CT molecular complexity index is 384. The zero-order chi connectivity index (χ0) is 13.4. The Hall–Kier alpha value is -1.62. The molecule has 0 saturated carbocycles. The highest BCUT2D eigenvalue weighted by atomic mass is 19.1. The van der Waals surface area contributed by atoms with Crippen LogP contribution in [-0.4, -0.2) is 19.1 Å². The summed E-state index contributed by atoms with van der Waals surface area (Å²) in [5.74, 6) is 0.00984. The first-order valence-electron chi connectivity index (χ1n) is 6.16. The van der Waals surface area contributed by atoms with Crippen LogP contribution < -0.4 is 16.4 Å². The lowest BCUT2D eigenvalue weighted by atomic mass is 10.0. The smallest absolute Gasteiger partial charge is 0.319 e. The summed E-state index contributed by atoms with van der Waals surface area (Å²) in [6.45, 7) is 3.26. The number of urea groups is 1. The van der Waals surface area contributed by atoms with Gasteiger partial charge < -0.3 is 16.4 Å². The van der Waals surface area contributed by atoms with Crippen LogP contribution in [0.1, 0.15) is 19.8 Å². The van der Waals surface area contributed by atoms with Gasteiger partial charge in [-0.2, -0.15) is 0 Å². The molecule has 18 heavy (non-hydrogen) atoms. The van der Waals surface area contributed by atoms with Gasteiger partial charge in [0.1, 0.15) is 5.82 Å². The minimum Gasteiger partial charge on any atom is -0.338 e. The Morgan fingerprint density at radius 3 is 2.89 bits per heavy atom. The maximum atomic E-state index is 12.9. The number of hydrogen-bond donors (Lipinski definition) is 3. The highest BCUT2D eigenvalue weighted by Crippen LogP contribution is 2.09. The van der Waals surface area contributed by atoms with E-state index in [0.29, 0.717) is 24.7 Å². The third-order valence-electron chi connectivity index (χ3n) is 2.79. The predicted octanol–water partition coefficient (Wildman–Crippen LogP) is 2.32. The van der Waals surface area contributed by atoms with Crippen LogP contribution >= 0.6 is 0 Å². The van der Waals surface area contributed by atoms with Gasteiger partial charge in [0.05, 0.1) is 0 Å². The summed E-state index contributed by atoms with van der Waals surface area (Å²) in [5.41, 5.74) is 5.93. The number of rotatable bonds is 6. The molecule has 1 atom stereocenters. The number of benzene rings is 1. The predicted molar refractivity (Wildman–Crippen MR) is 70.9 cm³/mol. The summed E-state index contributed by atoms with van der Waals surface area (Å²) in [5, 5.41) is 5.34. The fraction of sp³-hybridized carbons (Fsp3) is 0.462. The SMILES string of the molecule is CCC(CCN)CNC(=O)Nc1cccc(F)c1. The topological polar surface area (TPSA) is 67.1 Å². The monoisotopic (exact) mass is 253 g/mol. The standard InChI is InChI=1S/C13H20FN3O/c1-2-10(6-7-15)9-16-13(18)17-12-5-3-4-11(14)8-12/h3-5,8,10H,2,6-7,9,15H2,1H3,(H2,16,17,18). The Kier molecular flexibility index (Phi) is 6.14. The van der Waals surface area contributed by atoms with Crippen LogP contribution in [0.15, 0.2) is 24.3 Å². The molecule has 4 nitrogen and oxygen atoms in total. The van der Waals surface area contributed by atoms with E-state index in [-0.39, 0.29) is 11.8 Å². The van der Waals surface area contributed by atoms with Crippen molar-refractivity contribution in [2.45, 2.75) is 19.8 Å². The zero-order valence-electron chi connectivity index (χ0n) is 10.6. The minimum atomic E-state index is -0.373. The summed E-state index contributed by atoms with van der Waals surface area (Å²) < 4.78 is 12.9. The van der Waals surface area contributed by atoms with Crippen molar-refractivity contribution in [3.05, 3.63) is 30.1 Å². The van der Waals surface area contributed by atoms with Crippen LogP contribution in [0.4, 0.5) is 14.9 Å². The number of halogens is 1. The first-order valence-corrected chi connectivity index (χ1v) is 6.16. The number of carbonyl (C=O) groups excluding carboxylic acids is 1. The van der Waals surface area contributed by atoms with Crippen molar-refractivity contribution in [3.63, 3.8) is 0 Å². The van der Waals surface area contributed by atoms with Gasteiger partial charge in [-0.3, -0.25) is 0 Å². The number of nitrogens with one attached hydrogen (secondary N) is 2. The molecule has 0 spiro atoms. The van der Waals surface area contributed by atoms with E-state index in [1.165, 1.54) is 12.1 Å². The van der Waals surface area contributed by atoms with Crippen molar-refractivity contribution in [1.82, 2.24) is 5.32 Å². The third-order valence-corrected chi connectivity index (χ3v) is 2.79. The van der Waals surface area contributed by atoms with Crippen LogP contribution in [0.2, 0.25) is 0 Å². The maximum Gasteiger partial charge on any atom is 0.319 e. The van der Waals surface area contributed by atoms with Gasteiger partial charge in [-0.15, -0.1) is 0 Å². The average molecular weight is 253 g/mol. The van der Waals surface area contributed by atoms with Crippen LogP contribution in [0, 0.1) is 11.7 Å². The van der Waals surface area contributed by atoms with E-state index in [9.17, 15) is 9.18 Å². The van der Waals surface area contributed by atoms with Crippen molar-refractivity contribution in [2.75, 3.05) is 18.4 Å². The Labute approximate surface area is 107 Å². The lowest BCUT2D eigenvalue weighted by molar-refractivity contribution is 0.249. The second-order valence-corrected chi connectivity index (χ2v) is 4.20. The van der Waals surface area contributed by atoms with E-state index in [1.54, 1.807) is 12.1 Å². The largest absolute Gasteiger partial charge is 0.338 e. The van der Waals surface area contributed by atoms with Gasteiger partial charge in [0, 0.05) is 12.2 Å². The van der Waals surface area contributed by atoms with Crippen LogP contribution in [0.3, 0.4) is 0 Å². The van der Waals surface area contributed by atoms with Crippen molar-refractivity contribution < 1.29 is 9.18 Å². The number of anilines is 1. The molecule has 0 radical (unpaired) electrons. The summed E-state index contributed by atoms with van der Waals surface area (Å²) in [6.07, 6.45) is 1.86. The molecule has 1 aromatic carbocycles. The number of hydrogen-bond acceptors (Lipinski definition) is 2. The normalized spacial score (nSPS) is 11.9. The molecular weight excluding hydrogens is 233 g/mol. The summed E-state index contributed by atoms with van der Waals surface area (Å²) in [4.78, 5) is 11.6. The molecule has 2 amide bonds. The van der Waals surface area contributed by atoms with Crippen molar-refractivity contribution in [1.29, 1.82) is 0 Å². The molecule has 4 N–H and O–H groups in total. The number of nitrogens with two attached hydrogens (primary N) is 1. The van der Waals surface area contributed by atoms with Gasteiger partial charge in [0.25, 0.3) is 0 Å². The molecule has 0 bridgehead atoms. The van der Waals surface area contributed by atoms with Gasteiger partial charge in [0.2, 0.25) is 0 Å². The summed E-state index contributed by atoms with van der Waals surface area (Å²) in [7, 11) is 0. The first-order chi connectivity index (χ1) is 8.65. The Morgan fingerprint density at radius 2 is 2.28 bits per heavy atom. The zero-order valence-corrected chi connectivity index (χ0v) is 10.6. The third kappa shape index (κ3) is 5.14. The Morgan fingerprint density at radius 1 is 1.50 bits per heavy atom. The van der Waals surface area contributed by atoms with E-state index in [4.69, 9.17) is 5.73 Å². The quantitative estimate of drug-likeness (QED) is 0.728. The molecule has 100 valence electrons. The van der Waals surface area contributed by atoms with Crippen molar-refractivity contribution in [2.24, 2.45) is 11.7 Å². The van der Waals surface area contributed by atoms with E-state index in [0.717, 1.165) is 12.8 Å². The molecule has 0 aliphatic carbocycles. The molecule has 1 rings (SSSR count). The van der Waals surface area contributed by atoms with Crippen molar-refractivity contribution in [3.8, 4) is 0 Å². The average Bonchev–Trinajstić information content (AvgIpc) is 2.34. The molecule has 5 heteroatoms. The molecule has 0 aromatic heterocycles. The van der Waals surface area contributed by atoms with Gasteiger partial charge in [-0.05, 0) is 37.1 Å². The fourth-order valence-corrected chi connectivity index (χ4v) is 1.66. The minimum absolute atomic E-state index is 0.323. The number of amides is 2. The van der Waals surface area contributed by atoms with E-state index < -0.39 is 0 Å². The second kappa shape index (κ2) is 7.66.